The van der Waals surface area contributed by atoms with Gasteiger partial charge in [-0.3, -0.25) is 14.5 Å². The Morgan fingerprint density at radius 3 is 2.17 bits per heavy atom. The molecule has 5 nitrogen and oxygen atoms in total. The number of carboxylic acids is 1. The van der Waals surface area contributed by atoms with E-state index >= 15 is 0 Å². The molecule has 18 heavy (non-hydrogen) atoms. The van der Waals surface area contributed by atoms with E-state index in [1.165, 1.54) is 6.42 Å². The second-order valence-corrected chi connectivity index (χ2v) is 4.94. The minimum Gasteiger partial charge on any atom is -0.481 e. The maximum absolute atomic E-state index is 12.0. The van der Waals surface area contributed by atoms with Crippen molar-refractivity contribution in [1.82, 2.24) is 9.80 Å². The zero-order valence-corrected chi connectivity index (χ0v) is 11.3. The molecule has 0 bridgehead atoms. The van der Waals surface area contributed by atoms with Crippen LogP contribution in [-0.2, 0) is 9.59 Å². The highest BCUT2D eigenvalue weighted by molar-refractivity contribution is 5.85. The maximum Gasteiger partial charge on any atom is 0.304 e. The highest BCUT2D eigenvalue weighted by Crippen LogP contribution is 2.28. The SMILES string of the molecule is Cl.O=C(O)CCN1CCN(C(=O)C2CCC2)CC1. The van der Waals surface area contributed by atoms with Crippen LogP contribution in [0, 0.1) is 5.92 Å². The second-order valence-electron chi connectivity index (χ2n) is 4.94. The smallest absolute Gasteiger partial charge is 0.304 e. The van der Waals surface area contributed by atoms with Crippen LogP contribution in [0.15, 0.2) is 0 Å². The molecule has 104 valence electrons. The molecule has 1 amide bonds. The molecule has 0 aromatic rings. The lowest BCUT2D eigenvalue weighted by molar-refractivity contribution is -0.141. The maximum atomic E-state index is 12.0. The van der Waals surface area contributed by atoms with Crippen LogP contribution in [0.2, 0.25) is 0 Å². The van der Waals surface area contributed by atoms with E-state index in [-0.39, 0.29) is 24.7 Å². The Balaban J connectivity index is 0.00000162. The fourth-order valence-corrected chi connectivity index (χ4v) is 2.36. The van der Waals surface area contributed by atoms with Crippen molar-refractivity contribution in [3.8, 4) is 0 Å². The van der Waals surface area contributed by atoms with Crippen LogP contribution in [0.1, 0.15) is 25.7 Å². The monoisotopic (exact) mass is 276 g/mol. The molecule has 1 aliphatic heterocycles. The number of amides is 1. The molecule has 1 saturated carbocycles. The van der Waals surface area contributed by atoms with Gasteiger partial charge in [0.1, 0.15) is 0 Å². The van der Waals surface area contributed by atoms with Gasteiger partial charge in [0.15, 0.2) is 0 Å². The third-order valence-corrected chi connectivity index (χ3v) is 3.78. The van der Waals surface area contributed by atoms with E-state index in [4.69, 9.17) is 5.11 Å². The molecule has 1 heterocycles. The molecule has 1 aliphatic carbocycles. The highest BCUT2D eigenvalue weighted by atomic mass is 35.5. The van der Waals surface area contributed by atoms with Crippen molar-refractivity contribution >= 4 is 24.3 Å². The third kappa shape index (κ3) is 3.85. The predicted octanol–water partition coefficient (Wildman–Crippen LogP) is 0.827. The van der Waals surface area contributed by atoms with Crippen molar-refractivity contribution in [3.05, 3.63) is 0 Å². The molecule has 6 heteroatoms. The summed E-state index contributed by atoms with van der Waals surface area (Å²) in [5.41, 5.74) is 0. The standard InChI is InChI=1S/C12H20N2O3.ClH/c15-11(16)4-5-13-6-8-14(9-7-13)12(17)10-2-1-3-10;/h10H,1-9H2,(H,15,16);1H. The molecule has 0 radical (unpaired) electrons. The van der Waals surface area contributed by atoms with Crippen LogP contribution in [-0.4, -0.2) is 59.5 Å². The Bertz CT molecular complexity index is 300. The van der Waals surface area contributed by atoms with Crippen molar-refractivity contribution in [2.24, 2.45) is 5.92 Å². The Morgan fingerprint density at radius 2 is 1.72 bits per heavy atom. The minimum atomic E-state index is -0.752. The van der Waals surface area contributed by atoms with E-state index < -0.39 is 5.97 Å². The first-order chi connectivity index (χ1) is 8.16. The lowest BCUT2D eigenvalue weighted by Crippen LogP contribution is -2.51. The summed E-state index contributed by atoms with van der Waals surface area (Å²) in [4.78, 5) is 26.5. The molecule has 0 unspecified atom stereocenters. The number of nitrogens with zero attached hydrogens (tertiary/aromatic N) is 2. The van der Waals surface area contributed by atoms with E-state index in [0.717, 1.165) is 39.0 Å². The lowest BCUT2D eigenvalue weighted by atomic mass is 9.84. The predicted molar refractivity (Wildman–Crippen MR) is 69.9 cm³/mol. The number of halogens is 1. The van der Waals surface area contributed by atoms with Crippen LogP contribution < -0.4 is 0 Å². The summed E-state index contributed by atoms with van der Waals surface area (Å²) in [5.74, 6) is -0.160. The number of piperazine rings is 1. The lowest BCUT2D eigenvalue weighted by Gasteiger charge is -2.38. The van der Waals surface area contributed by atoms with Gasteiger partial charge in [0.2, 0.25) is 5.91 Å². The molecule has 1 saturated heterocycles. The molecular weight excluding hydrogens is 256 g/mol. The van der Waals surface area contributed by atoms with E-state index in [1.54, 1.807) is 0 Å². The molecule has 0 atom stereocenters. The highest BCUT2D eigenvalue weighted by Gasteiger charge is 2.30. The Kier molecular flexibility index (Phi) is 5.88. The van der Waals surface area contributed by atoms with Gasteiger partial charge in [-0.2, -0.15) is 0 Å². The Labute approximate surface area is 114 Å². The fourth-order valence-electron chi connectivity index (χ4n) is 2.36. The van der Waals surface area contributed by atoms with Crippen molar-refractivity contribution in [2.75, 3.05) is 32.7 Å². The first kappa shape index (κ1) is 15.2. The fraction of sp³-hybridized carbons (Fsp3) is 0.833. The first-order valence-electron chi connectivity index (χ1n) is 6.40. The zero-order chi connectivity index (χ0) is 12.3. The van der Waals surface area contributed by atoms with Crippen LogP contribution in [0.5, 0.6) is 0 Å². The minimum absolute atomic E-state index is 0. The molecule has 0 aromatic carbocycles. The summed E-state index contributed by atoms with van der Waals surface area (Å²) < 4.78 is 0. The quantitative estimate of drug-likeness (QED) is 0.826. The van der Waals surface area contributed by atoms with Gasteiger partial charge < -0.3 is 10.0 Å². The summed E-state index contributed by atoms with van der Waals surface area (Å²) in [6.45, 7) is 3.74. The van der Waals surface area contributed by atoms with Gasteiger partial charge in [0.05, 0.1) is 6.42 Å². The van der Waals surface area contributed by atoms with Gasteiger partial charge in [-0.1, -0.05) is 6.42 Å². The molecule has 2 aliphatic rings. The number of hydrogen-bond donors (Lipinski definition) is 1. The van der Waals surface area contributed by atoms with Gasteiger partial charge in [-0.05, 0) is 12.8 Å². The van der Waals surface area contributed by atoms with E-state index in [1.807, 2.05) is 4.90 Å². The molecule has 2 rings (SSSR count). The van der Waals surface area contributed by atoms with Crippen LogP contribution in [0.3, 0.4) is 0 Å². The van der Waals surface area contributed by atoms with Gasteiger partial charge in [0.25, 0.3) is 0 Å². The van der Waals surface area contributed by atoms with Gasteiger partial charge in [-0.15, -0.1) is 12.4 Å². The van der Waals surface area contributed by atoms with E-state index in [2.05, 4.69) is 4.90 Å². The van der Waals surface area contributed by atoms with Gasteiger partial charge in [-0.25, -0.2) is 0 Å². The number of carbonyl (C=O) groups excluding carboxylic acids is 1. The summed E-state index contributed by atoms with van der Waals surface area (Å²) >= 11 is 0. The normalized spacial score (nSPS) is 21.0. The number of carboxylic acid groups (broad SMARTS) is 1. The number of aliphatic carboxylic acids is 1. The Morgan fingerprint density at radius 1 is 1.11 bits per heavy atom. The van der Waals surface area contributed by atoms with Gasteiger partial charge >= 0.3 is 5.97 Å². The number of hydrogen-bond acceptors (Lipinski definition) is 3. The summed E-state index contributed by atoms with van der Waals surface area (Å²) in [5, 5.41) is 8.61. The van der Waals surface area contributed by atoms with Crippen LogP contribution >= 0.6 is 12.4 Å². The average molecular weight is 277 g/mol. The first-order valence-corrected chi connectivity index (χ1v) is 6.40. The average Bonchev–Trinajstić information content (AvgIpc) is 2.24. The molecule has 1 N–H and O–H groups in total. The van der Waals surface area contributed by atoms with Crippen molar-refractivity contribution in [1.29, 1.82) is 0 Å². The summed E-state index contributed by atoms with van der Waals surface area (Å²) in [7, 11) is 0. The molecule has 0 aromatic heterocycles. The number of carbonyl (C=O) groups is 2. The Hall–Kier alpha value is -0.810. The van der Waals surface area contributed by atoms with Crippen LogP contribution in [0.4, 0.5) is 0 Å². The van der Waals surface area contributed by atoms with Gasteiger partial charge in [0, 0.05) is 38.6 Å². The molecule has 2 fully saturated rings. The van der Waals surface area contributed by atoms with E-state index in [9.17, 15) is 9.59 Å². The van der Waals surface area contributed by atoms with Crippen molar-refractivity contribution in [2.45, 2.75) is 25.7 Å². The topological polar surface area (TPSA) is 60.9 Å². The summed E-state index contributed by atoms with van der Waals surface area (Å²) in [6, 6.07) is 0. The molecule has 0 spiro atoms. The van der Waals surface area contributed by atoms with Crippen LogP contribution in [0.25, 0.3) is 0 Å². The van der Waals surface area contributed by atoms with Crippen molar-refractivity contribution < 1.29 is 14.7 Å². The number of rotatable bonds is 4. The second kappa shape index (κ2) is 6.95. The van der Waals surface area contributed by atoms with Crippen molar-refractivity contribution in [3.63, 3.8) is 0 Å². The van der Waals surface area contributed by atoms with E-state index in [0.29, 0.717) is 12.5 Å². The third-order valence-electron chi connectivity index (χ3n) is 3.78. The zero-order valence-electron chi connectivity index (χ0n) is 10.5. The molecular formula is C12H21ClN2O3. The largest absolute Gasteiger partial charge is 0.481 e. The summed E-state index contributed by atoms with van der Waals surface area (Å²) in [6.07, 6.45) is 3.49.